The highest BCUT2D eigenvalue weighted by molar-refractivity contribution is 9.11. The highest BCUT2D eigenvalue weighted by atomic mass is 79.9. The molecule has 2 N–H and O–H groups in total. The van der Waals surface area contributed by atoms with Gasteiger partial charge in [0.25, 0.3) is 0 Å². The summed E-state index contributed by atoms with van der Waals surface area (Å²) in [7, 11) is 0. The Kier molecular flexibility index (Phi) is 4.00. The van der Waals surface area contributed by atoms with Crippen LogP contribution in [0.5, 0.6) is 0 Å². The van der Waals surface area contributed by atoms with Crippen LogP contribution < -0.4 is 10.6 Å². The van der Waals surface area contributed by atoms with Gasteiger partial charge in [-0.3, -0.25) is 10.1 Å². The monoisotopic (exact) mass is 302 g/mol. The first-order valence-corrected chi connectivity index (χ1v) is 7.07. The van der Waals surface area contributed by atoms with Crippen molar-refractivity contribution in [1.82, 2.24) is 10.6 Å². The zero-order chi connectivity index (χ0) is 11.5. The number of nitrogens with one attached hydrogen (secondary N) is 2. The first-order chi connectivity index (χ1) is 7.66. The maximum atomic E-state index is 11.6. The maximum absolute atomic E-state index is 11.6. The lowest BCUT2D eigenvalue weighted by molar-refractivity contribution is -0.124. The van der Waals surface area contributed by atoms with Crippen molar-refractivity contribution in [1.29, 1.82) is 0 Å². The third-order valence-corrected chi connectivity index (χ3v) is 4.56. The van der Waals surface area contributed by atoms with E-state index in [1.54, 1.807) is 11.3 Å². The summed E-state index contributed by atoms with van der Waals surface area (Å²) in [5.74, 6) is 0.133. The minimum Gasteiger partial charge on any atom is -0.355 e. The van der Waals surface area contributed by atoms with Crippen molar-refractivity contribution in [3.8, 4) is 0 Å². The number of rotatable bonds is 3. The topological polar surface area (TPSA) is 41.1 Å². The molecule has 0 bridgehead atoms. The molecule has 2 heterocycles. The van der Waals surface area contributed by atoms with Crippen LogP contribution in [0, 0.1) is 0 Å². The summed E-state index contributed by atoms with van der Waals surface area (Å²) in [6, 6.07) is 4.32. The number of carbonyl (C=O) groups excluding carboxylic acids is 1. The molecule has 88 valence electrons. The summed E-state index contributed by atoms with van der Waals surface area (Å²) in [5, 5.41) is 6.26. The lowest BCUT2D eigenvalue weighted by atomic mass is 10.1. The molecule has 16 heavy (non-hydrogen) atoms. The van der Waals surface area contributed by atoms with Gasteiger partial charge in [-0.25, -0.2) is 0 Å². The fourth-order valence-corrected chi connectivity index (χ4v) is 3.31. The summed E-state index contributed by atoms with van der Waals surface area (Å²) in [6.07, 6.45) is 1.99. The molecule has 5 heteroatoms. The molecule has 0 spiro atoms. The van der Waals surface area contributed by atoms with E-state index in [1.807, 2.05) is 6.07 Å². The molecule has 1 aromatic rings. The number of amides is 1. The Bertz CT molecular complexity index is 380. The second-order valence-corrected chi connectivity index (χ2v) is 6.51. The molecule has 1 aromatic heterocycles. The van der Waals surface area contributed by atoms with Gasteiger partial charge in [-0.05, 0) is 47.8 Å². The smallest absolute Gasteiger partial charge is 0.237 e. The van der Waals surface area contributed by atoms with Gasteiger partial charge in [0.1, 0.15) is 0 Å². The lowest BCUT2D eigenvalue weighted by Crippen LogP contribution is -2.48. The molecule has 2 unspecified atom stereocenters. The fraction of sp³-hybridized carbons (Fsp3) is 0.545. The van der Waals surface area contributed by atoms with Crippen molar-refractivity contribution >= 4 is 33.2 Å². The Morgan fingerprint density at radius 2 is 2.44 bits per heavy atom. The van der Waals surface area contributed by atoms with Gasteiger partial charge >= 0.3 is 0 Å². The average molecular weight is 303 g/mol. The Hall–Kier alpha value is -0.390. The first-order valence-electron chi connectivity index (χ1n) is 5.46. The number of carbonyl (C=O) groups is 1. The number of piperidine rings is 1. The predicted octanol–water partition coefficient (Wildman–Crippen LogP) is 2.44. The van der Waals surface area contributed by atoms with Crippen molar-refractivity contribution in [2.45, 2.75) is 31.8 Å². The molecule has 1 fully saturated rings. The third kappa shape index (κ3) is 2.84. The van der Waals surface area contributed by atoms with Gasteiger partial charge in [0.2, 0.25) is 5.91 Å². The Morgan fingerprint density at radius 3 is 3.06 bits per heavy atom. The van der Waals surface area contributed by atoms with E-state index in [0.717, 1.165) is 23.2 Å². The van der Waals surface area contributed by atoms with Crippen LogP contribution in [0.15, 0.2) is 15.9 Å². The Labute approximate surface area is 108 Å². The molecular weight excluding hydrogens is 288 g/mol. The SMILES string of the molecule is CC(NC1CCCNC1=O)c1ccc(Br)s1. The summed E-state index contributed by atoms with van der Waals surface area (Å²) in [6.45, 7) is 2.91. The number of hydrogen-bond donors (Lipinski definition) is 2. The van der Waals surface area contributed by atoms with Gasteiger partial charge in [0, 0.05) is 17.5 Å². The second kappa shape index (κ2) is 5.29. The van der Waals surface area contributed by atoms with E-state index in [4.69, 9.17) is 0 Å². The van der Waals surface area contributed by atoms with Crippen LogP contribution in [0.25, 0.3) is 0 Å². The van der Waals surface area contributed by atoms with Crippen molar-refractivity contribution in [3.05, 3.63) is 20.8 Å². The molecule has 1 aliphatic heterocycles. The van der Waals surface area contributed by atoms with E-state index in [1.165, 1.54) is 4.88 Å². The number of hydrogen-bond acceptors (Lipinski definition) is 3. The third-order valence-electron chi connectivity index (χ3n) is 2.76. The van der Waals surface area contributed by atoms with Crippen LogP contribution in [-0.4, -0.2) is 18.5 Å². The van der Waals surface area contributed by atoms with E-state index in [9.17, 15) is 4.79 Å². The zero-order valence-corrected chi connectivity index (χ0v) is 11.5. The molecule has 1 saturated heterocycles. The van der Waals surface area contributed by atoms with Gasteiger partial charge < -0.3 is 5.32 Å². The highest BCUT2D eigenvalue weighted by Crippen LogP contribution is 2.27. The largest absolute Gasteiger partial charge is 0.355 e. The van der Waals surface area contributed by atoms with Crippen molar-refractivity contribution in [3.63, 3.8) is 0 Å². The van der Waals surface area contributed by atoms with E-state index in [0.29, 0.717) is 0 Å². The quantitative estimate of drug-likeness (QED) is 0.900. The van der Waals surface area contributed by atoms with Gasteiger partial charge in [0.05, 0.1) is 9.83 Å². The van der Waals surface area contributed by atoms with Gasteiger partial charge in [-0.1, -0.05) is 0 Å². The molecule has 3 nitrogen and oxygen atoms in total. The van der Waals surface area contributed by atoms with Gasteiger partial charge in [0.15, 0.2) is 0 Å². The molecule has 0 aliphatic carbocycles. The number of thiophene rings is 1. The van der Waals surface area contributed by atoms with E-state index < -0.39 is 0 Å². The van der Waals surface area contributed by atoms with Crippen molar-refractivity contribution in [2.24, 2.45) is 0 Å². The zero-order valence-electron chi connectivity index (χ0n) is 9.13. The maximum Gasteiger partial charge on any atom is 0.237 e. The van der Waals surface area contributed by atoms with E-state index in [2.05, 4.69) is 39.6 Å². The van der Waals surface area contributed by atoms with E-state index in [-0.39, 0.29) is 18.0 Å². The summed E-state index contributed by atoms with van der Waals surface area (Å²) in [4.78, 5) is 12.8. The van der Waals surface area contributed by atoms with Crippen LogP contribution in [0.1, 0.15) is 30.7 Å². The summed E-state index contributed by atoms with van der Waals surface area (Å²) in [5.41, 5.74) is 0. The minimum atomic E-state index is -0.0374. The van der Waals surface area contributed by atoms with Gasteiger partial charge in [-0.15, -0.1) is 11.3 Å². The van der Waals surface area contributed by atoms with Crippen molar-refractivity contribution < 1.29 is 4.79 Å². The lowest BCUT2D eigenvalue weighted by Gasteiger charge is -2.25. The minimum absolute atomic E-state index is 0.0374. The molecule has 2 atom stereocenters. The van der Waals surface area contributed by atoms with Crippen LogP contribution in [0.2, 0.25) is 0 Å². The summed E-state index contributed by atoms with van der Waals surface area (Å²) >= 11 is 5.16. The molecule has 0 aromatic carbocycles. The standard InChI is InChI=1S/C11H15BrN2OS/c1-7(9-4-5-10(12)16-9)14-8-3-2-6-13-11(8)15/h4-5,7-8,14H,2-3,6H2,1H3,(H,13,15). The molecular formula is C11H15BrN2OS. The predicted molar refractivity (Wildman–Crippen MR) is 69.6 cm³/mol. The van der Waals surface area contributed by atoms with Crippen LogP contribution in [0.3, 0.4) is 0 Å². The Balaban J connectivity index is 1.96. The van der Waals surface area contributed by atoms with Crippen LogP contribution >= 0.6 is 27.3 Å². The fourth-order valence-electron chi connectivity index (χ4n) is 1.88. The molecule has 0 saturated carbocycles. The molecule has 2 rings (SSSR count). The van der Waals surface area contributed by atoms with Crippen LogP contribution in [0.4, 0.5) is 0 Å². The Morgan fingerprint density at radius 1 is 1.62 bits per heavy atom. The molecule has 1 aliphatic rings. The van der Waals surface area contributed by atoms with E-state index >= 15 is 0 Å². The normalized spacial score (nSPS) is 22.9. The highest BCUT2D eigenvalue weighted by Gasteiger charge is 2.23. The van der Waals surface area contributed by atoms with Crippen molar-refractivity contribution in [2.75, 3.05) is 6.54 Å². The number of halogens is 1. The first kappa shape index (κ1) is 12.1. The average Bonchev–Trinajstić information content (AvgIpc) is 2.68. The summed E-state index contributed by atoms with van der Waals surface area (Å²) < 4.78 is 1.13. The van der Waals surface area contributed by atoms with Crippen LogP contribution in [-0.2, 0) is 4.79 Å². The molecule has 1 amide bonds. The second-order valence-electron chi connectivity index (χ2n) is 4.02. The molecule has 0 radical (unpaired) electrons. The van der Waals surface area contributed by atoms with Gasteiger partial charge in [-0.2, -0.15) is 0 Å².